The predicted molar refractivity (Wildman–Crippen MR) is 68.9 cm³/mol. The Bertz CT molecular complexity index is 476. The van der Waals surface area contributed by atoms with Crippen molar-refractivity contribution in [3.8, 4) is 0 Å². The highest BCUT2D eigenvalue weighted by atomic mass is 32.1. The Morgan fingerprint density at radius 2 is 2.22 bits per heavy atom. The van der Waals surface area contributed by atoms with Gasteiger partial charge in [0.15, 0.2) is 4.77 Å². The molecule has 1 aromatic heterocycles. The molecule has 1 aromatic rings. The molecule has 1 amide bonds. The number of carbonyl (C=O) groups excluding carboxylic acids is 1. The largest absolute Gasteiger partial charge is 0.378 e. The number of aryl methyl sites for hydroxylation is 1. The van der Waals surface area contributed by atoms with Gasteiger partial charge in [0.1, 0.15) is 11.9 Å². The van der Waals surface area contributed by atoms with Crippen LogP contribution in [0.25, 0.3) is 0 Å². The molecule has 6 nitrogen and oxygen atoms in total. The first kappa shape index (κ1) is 13.2. The average molecular weight is 270 g/mol. The van der Waals surface area contributed by atoms with Crippen LogP contribution in [0.1, 0.15) is 25.7 Å². The third-order valence-electron chi connectivity index (χ3n) is 3.16. The number of hydrogen-bond acceptors (Lipinski definition) is 4. The van der Waals surface area contributed by atoms with E-state index < -0.39 is 0 Å². The monoisotopic (exact) mass is 270 g/mol. The van der Waals surface area contributed by atoms with E-state index in [1.165, 1.54) is 0 Å². The molecule has 1 saturated heterocycles. The summed E-state index contributed by atoms with van der Waals surface area (Å²) in [5.41, 5.74) is 0. The van der Waals surface area contributed by atoms with Crippen molar-refractivity contribution in [2.24, 2.45) is 0 Å². The summed E-state index contributed by atoms with van der Waals surface area (Å²) in [4.78, 5) is 14.2. The molecule has 0 aliphatic carbocycles. The maximum atomic E-state index is 12.4. The van der Waals surface area contributed by atoms with Crippen molar-refractivity contribution in [3.63, 3.8) is 0 Å². The third kappa shape index (κ3) is 2.46. The van der Waals surface area contributed by atoms with Crippen LogP contribution < -0.4 is 0 Å². The summed E-state index contributed by atoms with van der Waals surface area (Å²) in [5, 5.41) is 6.88. The molecule has 1 aliphatic heterocycles. The molecular formula is C11H18N4O2S. The number of morpholine rings is 1. The van der Waals surface area contributed by atoms with Gasteiger partial charge in [-0.05, 0) is 19.1 Å². The van der Waals surface area contributed by atoms with Gasteiger partial charge in [0.05, 0.1) is 13.2 Å². The van der Waals surface area contributed by atoms with Crippen molar-refractivity contribution in [1.29, 1.82) is 0 Å². The molecule has 7 heteroatoms. The van der Waals surface area contributed by atoms with Gasteiger partial charge in [-0.1, -0.05) is 6.92 Å². The normalized spacial score (nSPS) is 17.8. The zero-order valence-electron chi connectivity index (χ0n) is 10.7. The fourth-order valence-electron chi connectivity index (χ4n) is 2.14. The molecule has 0 spiro atoms. The van der Waals surface area contributed by atoms with Crippen LogP contribution in [-0.4, -0.2) is 51.9 Å². The lowest BCUT2D eigenvalue weighted by molar-refractivity contribution is -0.138. The lowest BCUT2D eigenvalue weighted by atomic mass is 10.2. The van der Waals surface area contributed by atoms with E-state index in [-0.39, 0.29) is 11.9 Å². The number of aromatic nitrogens is 3. The number of rotatable bonds is 3. The molecular weight excluding hydrogens is 252 g/mol. The third-order valence-corrected chi connectivity index (χ3v) is 3.45. The molecule has 1 fully saturated rings. The first-order valence-electron chi connectivity index (χ1n) is 6.17. The maximum absolute atomic E-state index is 12.4. The summed E-state index contributed by atoms with van der Waals surface area (Å²) < 4.78 is 7.55. The first-order valence-corrected chi connectivity index (χ1v) is 6.58. The van der Waals surface area contributed by atoms with Gasteiger partial charge in [0.25, 0.3) is 0 Å². The Morgan fingerprint density at radius 1 is 1.56 bits per heavy atom. The molecule has 0 aromatic carbocycles. The molecule has 2 heterocycles. The molecule has 0 saturated carbocycles. The molecule has 100 valence electrons. The topological polar surface area (TPSA) is 63.2 Å². The van der Waals surface area contributed by atoms with E-state index in [1.54, 1.807) is 4.57 Å². The molecule has 18 heavy (non-hydrogen) atoms. The highest BCUT2D eigenvalue weighted by Gasteiger charge is 2.25. The van der Waals surface area contributed by atoms with Gasteiger partial charge in [-0.15, -0.1) is 0 Å². The second-order valence-electron chi connectivity index (χ2n) is 4.28. The highest BCUT2D eigenvalue weighted by Crippen LogP contribution is 2.14. The van der Waals surface area contributed by atoms with E-state index in [9.17, 15) is 4.79 Å². The highest BCUT2D eigenvalue weighted by molar-refractivity contribution is 7.71. The van der Waals surface area contributed by atoms with Crippen LogP contribution in [0.15, 0.2) is 0 Å². The fraction of sp³-hybridized carbons (Fsp3) is 0.727. The van der Waals surface area contributed by atoms with E-state index in [0.717, 1.165) is 12.2 Å². The molecule has 0 bridgehead atoms. The van der Waals surface area contributed by atoms with Crippen LogP contribution in [0.2, 0.25) is 0 Å². The van der Waals surface area contributed by atoms with E-state index in [0.29, 0.717) is 31.1 Å². The summed E-state index contributed by atoms with van der Waals surface area (Å²) in [5.74, 6) is 0.889. The smallest absolute Gasteiger partial charge is 0.245 e. The van der Waals surface area contributed by atoms with E-state index in [1.807, 2.05) is 18.7 Å². The molecule has 2 rings (SSSR count). The Balaban J connectivity index is 2.19. The Hall–Kier alpha value is -1.21. The Kier molecular flexibility index (Phi) is 4.13. The van der Waals surface area contributed by atoms with Gasteiger partial charge < -0.3 is 9.64 Å². The molecule has 1 unspecified atom stereocenters. The second kappa shape index (κ2) is 5.62. The average Bonchev–Trinajstić information content (AvgIpc) is 2.79. The summed E-state index contributed by atoms with van der Waals surface area (Å²) in [6.45, 7) is 6.37. The lowest BCUT2D eigenvalue weighted by Gasteiger charge is -2.29. The van der Waals surface area contributed by atoms with Gasteiger partial charge in [-0.3, -0.25) is 14.5 Å². The van der Waals surface area contributed by atoms with Crippen molar-refractivity contribution < 1.29 is 9.53 Å². The quantitative estimate of drug-likeness (QED) is 0.830. The van der Waals surface area contributed by atoms with E-state index in [4.69, 9.17) is 17.0 Å². The molecule has 1 atom stereocenters. The summed E-state index contributed by atoms with van der Waals surface area (Å²) >= 11 is 5.19. The number of aromatic amines is 1. The van der Waals surface area contributed by atoms with Crippen molar-refractivity contribution in [2.75, 3.05) is 26.3 Å². The first-order chi connectivity index (χ1) is 8.65. The summed E-state index contributed by atoms with van der Waals surface area (Å²) in [6, 6.07) is -0.315. The van der Waals surface area contributed by atoms with Crippen molar-refractivity contribution in [2.45, 2.75) is 26.3 Å². The maximum Gasteiger partial charge on any atom is 0.245 e. The fourth-order valence-corrected chi connectivity index (χ4v) is 2.45. The van der Waals surface area contributed by atoms with Crippen LogP contribution in [0.4, 0.5) is 0 Å². The number of nitrogens with one attached hydrogen (secondary N) is 1. The molecule has 1 N–H and O–H groups in total. The van der Waals surface area contributed by atoms with Gasteiger partial charge in [0, 0.05) is 19.5 Å². The minimum absolute atomic E-state index is 0.0745. The number of amides is 1. The van der Waals surface area contributed by atoms with Crippen LogP contribution in [0.3, 0.4) is 0 Å². The Morgan fingerprint density at radius 3 is 2.83 bits per heavy atom. The van der Waals surface area contributed by atoms with Crippen LogP contribution in [0.5, 0.6) is 0 Å². The van der Waals surface area contributed by atoms with Crippen LogP contribution in [0, 0.1) is 4.77 Å². The zero-order chi connectivity index (χ0) is 13.1. The van der Waals surface area contributed by atoms with Gasteiger partial charge in [-0.25, -0.2) is 0 Å². The number of H-pyrrole nitrogens is 1. The Labute approximate surface area is 111 Å². The predicted octanol–water partition coefficient (Wildman–Crippen LogP) is 0.923. The molecule has 1 aliphatic rings. The number of carbonyl (C=O) groups is 1. The van der Waals surface area contributed by atoms with Crippen molar-refractivity contribution >= 4 is 18.1 Å². The van der Waals surface area contributed by atoms with Gasteiger partial charge in [-0.2, -0.15) is 5.10 Å². The van der Waals surface area contributed by atoms with E-state index in [2.05, 4.69) is 10.2 Å². The number of hydrogen-bond donors (Lipinski definition) is 1. The number of ether oxygens (including phenoxy) is 1. The summed E-state index contributed by atoms with van der Waals surface area (Å²) in [7, 11) is 0. The summed E-state index contributed by atoms with van der Waals surface area (Å²) in [6.07, 6.45) is 0.744. The van der Waals surface area contributed by atoms with Crippen molar-refractivity contribution in [1.82, 2.24) is 19.7 Å². The van der Waals surface area contributed by atoms with Crippen LogP contribution >= 0.6 is 12.2 Å². The lowest BCUT2D eigenvalue weighted by Crippen LogP contribution is -2.43. The standard InChI is InChI=1S/C11H18N4O2S/c1-3-9-12-13-11(18)15(9)8(2)10(16)14-4-6-17-7-5-14/h8H,3-7H2,1-2H3,(H,13,18). The molecule has 0 radical (unpaired) electrons. The second-order valence-corrected chi connectivity index (χ2v) is 4.67. The van der Waals surface area contributed by atoms with E-state index >= 15 is 0 Å². The van der Waals surface area contributed by atoms with Gasteiger partial charge >= 0.3 is 0 Å². The van der Waals surface area contributed by atoms with Crippen LogP contribution in [-0.2, 0) is 16.0 Å². The van der Waals surface area contributed by atoms with Crippen molar-refractivity contribution in [3.05, 3.63) is 10.6 Å². The minimum atomic E-state index is -0.315. The van der Waals surface area contributed by atoms with Gasteiger partial charge in [0.2, 0.25) is 5.91 Å². The SMILES string of the molecule is CCc1n[nH]c(=S)n1C(C)C(=O)N1CCOCC1. The zero-order valence-corrected chi connectivity index (χ0v) is 11.5. The number of nitrogens with zero attached hydrogens (tertiary/aromatic N) is 3. The minimum Gasteiger partial charge on any atom is -0.378 e.